The molecule has 110 valence electrons. The van der Waals surface area contributed by atoms with Crippen LogP contribution < -0.4 is 10.1 Å². The predicted octanol–water partition coefficient (Wildman–Crippen LogP) is 2.42. The second-order valence-electron chi connectivity index (χ2n) is 4.30. The maximum absolute atomic E-state index is 11.6. The van der Waals surface area contributed by atoms with Crippen molar-refractivity contribution in [2.45, 2.75) is 26.3 Å². The van der Waals surface area contributed by atoms with Crippen molar-refractivity contribution in [3.05, 3.63) is 28.8 Å². The van der Waals surface area contributed by atoms with Crippen molar-refractivity contribution in [2.24, 2.45) is 0 Å². The number of esters is 1. The second-order valence-corrected chi connectivity index (χ2v) is 4.73. The summed E-state index contributed by atoms with van der Waals surface area (Å²) in [6.45, 7) is 3.70. The maximum atomic E-state index is 11.6. The van der Waals surface area contributed by atoms with Crippen molar-refractivity contribution >= 4 is 23.5 Å². The number of carbonyl (C=O) groups excluding carboxylic acids is 2. The Morgan fingerprint density at radius 1 is 1.40 bits per heavy atom. The molecule has 20 heavy (non-hydrogen) atoms. The van der Waals surface area contributed by atoms with Crippen LogP contribution in [0.2, 0.25) is 5.02 Å². The number of rotatable bonds is 6. The minimum atomic E-state index is -0.565. The first-order valence-electron chi connectivity index (χ1n) is 6.28. The van der Waals surface area contributed by atoms with Gasteiger partial charge in [0, 0.05) is 11.1 Å². The molecule has 0 aliphatic carbocycles. The number of benzene rings is 1. The Morgan fingerprint density at radius 2 is 2.10 bits per heavy atom. The van der Waals surface area contributed by atoms with Gasteiger partial charge in [0.05, 0.1) is 7.11 Å². The topological polar surface area (TPSA) is 64.6 Å². The fourth-order valence-electron chi connectivity index (χ4n) is 1.46. The zero-order valence-corrected chi connectivity index (χ0v) is 12.5. The summed E-state index contributed by atoms with van der Waals surface area (Å²) in [5.41, 5.74) is 0.191. The lowest BCUT2D eigenvalue weighted by Crippen LogP contribution is -2.35. The van der Waals surface area contributed by atoms with Gasteiger partial charge in [0.1, 0.15) is 11.3 Å². The molecule has 1 amide bonds. The molecular formula is C14H18ClNO4. The predicted molar refractivity (Wildman–Crippen MR) is 76.2 cm³/mol. The zero-order chi connectivity index (χ0) is 15.1. The Balaban J connectivity index is 2.72. The normalized spacial score (nSPS) is 11.6. The highest BCUT2D eigenvalue weighted by Gasteiger charge is 2.15. The van der Waals surface area contributed by atoms with Crippen LogP contribution in [0.15, 0.2) is 18.2 Å². The molecular weight excluding hydrogens is 282 g/mol. The molecule has 0 saturated heterocycles. The standard InChI is InChI=1S/C14H18ClNO4/c1-4-9(2)16-13(17)8-20-12-6-5-10(15)7-11(12)14(18)19-3/h5-7,9H,4,8H2,1-3H3,(H,16,17)/t9-/m1/s1. The lowest BCUT2D eigenvalue weighted by Gasteiger charge is -2.13. The van der Waals surface area contributed by atoms with E-state index in [1.54, 1.807) is 6.07 Å². The number of carbonyl (C=O) groups is 2. The number of amides is 1. The van der Waals surface area contributed by atoms with E-state index in [4.69, 9.17) is 16.3 Å². The minimum Gasteiger partial charge on any atom is -0.483 e. The third-order valence-electron chi connectivity index (χ3n) is 2.73. The average molecular weight is 300 g/mol. The molecule has 0 heterocycles. The van der Waals surface area contributed by atoms with E-state index in [2.05, 4.69) is 10.1 Å². The van der Waals surface area contributed by atoms with Gasteiger partial charge in [0.2, 0.25) is 0 Å². The SMILES string of the molecule is CC[C@@H](C)NC(=O)COc1ccc(Cl)cc1C(=O)OC. The van der Waals surface area contributed by atoms with Gasteiger partial charge in [-0.2, -0.15) is 0 Å². The fourth-order valence-corrected chi connectivity index (χ4v) is 1.63. The zero-order valence-electron chi connectivity index (χ0n) is 11.7. The number of hydrogen-bond donors (Lipinski definition) is 1. The molecule has 0 fully saturated rings. The van der Waals surface area contributed by atoms with Crippen LogP contribution in [0.4, 0.5) is 0 Å². The largest absolute Gasteiger partial charge is 0.483 e. The van der Waals surface area contributed by atoms with Crippen LogP contribution in [0.5, 0.6) is 5.75 Å². The minimum absolute atomic E-state index is 0.0800. The number of halogens is 1. The van der Waals surface area contributed by atoms with Gasteiger partial charge in [-0.25, -0.2) is 4.79 Å². The molecule has 0 spiro atoms. The molecule has 1 atom stereocenters. The number of hydrogen-bond acceptors (Lipinski definition) is 4. The van der Waals surface area contributed by atoms with Gasteiger partial charge in [0.25, 0.3) is 5.91 Å². The van der Waals surface area contributed by atoms with Gasteiger partial charge in [-0.1, -0.05) is 18.5 Å². The summed E-state index contributed by atoms with van der Waals surface area (Å²) in [6, 6.07) is 4.63. The first-order chi connectivity index (χ1) is 9.47. The lowest BCUT2D eigenvalue weighted by molar-refractivity contribution is -0.123. The molecule has 1 rings (SSSR count). The Labute approximate surface area is 123 Å². The summed E-state index contributed by atoms with van der Waals surface area (Å²) < 4.78 is 9.99. The van der Waals surface area contributed by atoms with Gasteiger partial charge < -0.3 is 14.8 Å². The van der Waals surface area contributed by atoms with Crippen LogP contribution in [0.25, 0.3) is 0 Å². The van der Waals surface area contributed by atoms with E-state index >= 15 is 0 Å². The smallest absolute Gasteiger partial charge is 0.341 e. The van der Waals surface area contributed by atoms with Gasteiger partial charge in [-0.05, 0) is 31.5 Å². The van der Waals surface area contributed by atoms with Gasteiger partial charge in [-0.3, -0.25) is 4.79 Å². The molecule has 0 aliphatic heterocycles. The molecule has 5 nitrogen and oxygen atoms in total. The molecule has 6 heteroatoms. The molecule has 0 unspecified atom stereocenters. The van der Waals surface area contributed by atoms with Gasteiger partial charge >= 0.3 is 5.97 Å². The first-order valence-corrected chi connectivity index (χ1v) is 6.65. The molecule has 0 aliphatic rings. The Morgan fingerprint density at radius 3 is 2.70 bits per heavy atom. The van der Waals surface area contributed by atoms with Crippen LogP contribution in [0.3, 0.4) is 0 Å². The van der Waals surface area contributed by atoms with Crippen molar-refractivity contribution in [3.63, 3.8) is 0 Å². The number of methoxy groups -OCH3 is 1. The van der Waals surface area contributed by atoms with Crippen molar-refractivity contribution in [1.82, 2.24) is 5.32 Å². The highest BCUT2D eigenvalue weighted by atomic mass is 35.5. The van der Waals surface area contributed by atoms with Crippen molar-refractivity contribution in [3.8, 4) is 5.75 Å². The molecule has 0 aromatic heterocycles. The Bertz CT molecular complexity index is 490. The van der Waals surface area contributed by atoms with E-state index in [9.17, 15) is 9.59 Å². The Kier molecular flexibility index (Phi) is 6.31. The molecule has 0 saturated carbocycles. The van der Waals surface area contributed by atoms with Gasteiger partial charge in [-0.15, -0.1) is 0 Å². The van der Waals surface area contributed by atoms with Crippen LogP contribution in [-0.4, -0.2) is 31.6 Å². The summed E-state index contributed by atoms with van der Waals surface area (Å²) in [7, 11) is 1.27. The van der Waals surface area contributed by atoms with Crippen LogP contribution in [0, 0.1) is 0 Å². The van der Waals surface area contributed by atoms with E-state index in [-0.39, 0.29) is 29.9 Å². The van der Waals surface area contributed by atoms with Crippen LogP contribution in [-0.2, 0) is 9.53 Å². The average Bonchev–Trinajstić information content (AvgIpc) is 2.44. The summed E-state index contributed by atoms with van der Waals surface area (Å²) in [4.78, 5) is 23.2. The molecule has 1 aromatic carbocycles. The Hall–Kier alpha value is -1.75. The van der Waals surface area contributed by atoms with Crippen molar-refractivity contribution < 1.29 is 19.1 Å². The first kappa shape index (κ1) is 16.3. The third kappa shape index (κ3) is 4.74. The highest BCUT2D eigenvalue weighted by molar-refractivity contribution is 6.31. The van der Waals surface area contributed by atoms with E-state index in [0.29, 0.717) is 5.02 Å². The monoisotopic (exact) mass is 299 g/mol. The number of nitrogens with one attached hydrogen (secondary N) is 1. The molecule has 0 radical (unpaired) electrons. The maximum Gasteiger partial charge on any atom is 0.341 e. The van der Waals surface area contributed by atoms with E-state index < -0.39 is 5.97 Å². The molecule has 1 aromatic rings. The van der Waals surface area contributed by atoms with E-state index in [0.717, 1.165) is 6.42 Å². The summed E-state index contributed by atoms with van der Waals surface area (Å²) in [5.74, 6) is -0.546. The molecule has 0 bridgehead atoms. The van der Waals surface area contributed by atoms with E-state index in [1.807, 2.05) is 13.8 Å². The van der Waals surface area contributed by atoms with Crippen LogP contribution >= 0.6 is 11.6 Å². The highest BCUT2D eigenvalue weighted by Crippen LogP contribution is 2.23. The van der Waals surface area contributed by atoms with E-state index in [1.165, 1.54) is 19.2 Å². The lowest BCUT2D eigenvalue weighted by atomic mass is 10.2. The third-order valence-corrected chi connectivity index (χ3v) is 2.96. The number of ether oxygens (including phenoxy) is 2. The van der Waals surface area contributed by atoms with Crippen molar-refractivity contribution in [1.29, 1.82) is 0 Å². The van der Waals surface area contributed by atoms with Crippen LogP contribution in [0.1, 0.15) is 30.6 Å². The second kappa shape index (κ2) is 7.75. The fraction of sp³-hybridized carbons (Fsp3) is 0.429. The van der Waals surface area contributed by atoms with Gasteiger partial charge in [0.15, 0.2) is 6.61 Å². The summed E-state index contributed by atoms with van der Waals surface area (Å²) in [6.07, 6.45) is 0.833. The quantitative estimate of drug-likeness (QED) is 0.819. The summed E-state index contributed by atoms with van der Waals surface area (Å²) >= 11 is 5.83. The van der Waals surface area contributed by atoms with Crippen molar-refractivity contribution in [2.75, 3.05) is 13.7 Å². The summed E-state index contributed by atoms with van der Waals surface area (Å²) in [5, 5.41) is 3.16. The molecule has 1 N–H and O–H groups in total.